The van der Waals surface area contributed by atoms with E-state index in [2.05, 4.69) is 46.8 Å². The van der Waals surface area contributed by atoms with Crippen LogP contribution >= 0.6 is 0 Å². The SMILES string of the molecule is CCCCn1c2ccccc2c2cnccc21. The van der Waals surface area contributed by atoms with Crippen LogP contribution in [-0.2, 0) is 6.54 Å². The largest absolute Gasteiger partial charge is 0.340 e. The number of fused-ring (bicyclic) bond motifs is 3. The molecule has 2 heteroatoms. The Morgan fingerprint density at radius 1 is 1.06 bits per heavy atom. The van der Waals surface area contributed by atoms with Crippen LogP contribution in [0.5, 0.6) is 0 Å². The van der Waals surface area contributed by atoms with E-state index in [1.165, 1.54) is 34.6 Å². The molecule has 0 unspecified atom stereocenters. The number of nitrogens with zero attached hydrogens (tertiary/aromatic N) is 2. The lowest BCUT2D eigenvalue weighted by Gasteiger charge is -2.05. The molecule has 0 aliphatic heterocycles. The van der Waals surface area contributed by atoms with Crippen molar-refractivity contribution in [3.63, 3.8) is 0 Å². The maximum absolute atomic E-state index is 4.24. The predicted octanol–water partition coefficient (Wildman–Crippen LogP) is 3.99. The monoisotopic (exact) mass is 224 g/mol. The van der Waals surface area contributed by atoms with E-state index >= 15 is 0 Å². The second-order valence-electron chi connectivity index (χ2n) is 4.42. The van der Waals surface area contributed by atoms with Crippen LogP contribution < -0.4 is 0 Å². The Bertz CT molecular complexity index is 599. The molecule has 0 saturated heterocycles. The smallest absolute Gasteiger partial charge is 0.0522 e. The molecule has 0 bridgehead atoms. The van der Waals surface area contributed by atoms with Gasteiger partial charge in [-0.25, -0.2) is 0 Å². The van der Waals surface area contributed by atoms with Crippen molar-refractivity contribution in [1.82, 2.24) is 9.55 Å². The minimum atomic E-state index is 1.09. The summed E-state index contributed by atoms with van der Waals surface area (Å²) < 4.78 is 2.41. The molecule has 86 valence electrons. The van der Waals surface area contributed by atoms with Gasteiger partial charge in [0.15, 0.2) is 0 Å². The number of hydrogen-bond donors (Lipinski definition) is 0. The number of hydrogen-bond acceptors (Lipinski definition) is 1. The van der Waals surface area contributed by atoms with Crippen molar-refractivity contribution in [1.29, 1.82) is 0 Å². The number of benzene rings is 1. The third kappa shape index (κ3) is 1.60. The van der Waals surface area contributed by atoms with Crippen LogP contribution in [0.15, 0.2) is 42.7 Å². The van der Waals surface area contributed by atoms with Crippen molar-refractivity contribution < 1.29 is 0 Å². The summed E-state index contributed by atoms with van der Waals surface area (Å²) in [5.74, 6) is 0. The van der Waals surface area contributed by atoms with Crippen LogP contribution in [0.25, 0.3) is 21.8 Å². The molecule has 0 fully saturated rings. The maximum Gasteiger partial charge on any atom is 0.0522 e. The van der Waals surface area contributed by atoms with Gasteiger partial charge in [0.25, 0.3) is 0 Å². The molecule has 3 rings (SSSR count). The van der Waals surface area contributed by atoms with Gasteiger partial charge in [0.1, 0.15) is 0 Å². The molecule has 0 saturated carbocycles. The zero-order valence-electron chi connectivity index (χ0n) is 10.1. The topological polar surface area (TPSA) is 17.8 Å². The summed E-state index contributed by atoms with van der Waals surface area (Å²) in [6.07, 6.45) is 6.29. The van der Waals surface area contributed by atoms with E-state index in [1.807, 2.05) is 12.4 Å². The summed E-state index contributed by atoms with van der Waals surface area (Å²) in [6, 6.07) is 10.7. The number of rotatable bonds is 3. The number of aromatic nitrogens is 2. The van der Waals surface area contributed by atoms with Gasteiger partial charge >= 0.3 is 0 Å². The van der Waals surface area contributed by atoms with Gasteiger partial charge in [-0.2, -0.15) is 0 Å². The predicted molar refractivity (Wildman–Crippen MR) is 72.1 cm³/mol. The summed E-state index contributed by atoms with van der Waals surface area (Å²) in [4.78, 5) is 4.24. The number of unbranched alkanes of at least 4 members (excludes halogenated alkanes) is 1. The van der Waals surface area contributed by atoms with Crippen molar-refractivity contribution >= 4 is 21.8 Å². The molecule has 0 aliphatic rings. The lowest BCUT2D eigenvalue weighted by atomic mass is 10.2. The first-order chi connectivity index (χ1) is 8.42. The Labute approximate surface area is 101 Å². The van der Waals surface area contributed by atoms with Crippen LogP contribution in [0, 0.1) is 0 Å². The molecular formula is C15H16N2. The summed E-state index contributed by atoms with van der Waals surface area (Å²) in [6.45, 7) is 3.32. The van der Waals surface area contributed by atoms with E-state index in [4.69, 9.17) is 0 Å². The number of aryl methyl sites for hydroxylation is 1. The molecule has 0 radical (unpaired) electrons. The lowest BCUT2D eigenvalue weighted by Crippen LogP contribution is -1.96. The molecule has 0 aliphatic carbocycles. The van der Waals surface area contributed by atoms with Gasteiger partial charge in [-0.1, -0.05) is 31.5 Å². The van der Waals surface area contributed by atoms with E-state index < -0.39 is 0 Å². The molecule has 3 aromatic rings. The van der Waals surface area contributed by atoms with Gasteiger partial charge in [0.05, 0.1) is 5.52 Å². The van der Waals surface area contributed by atoms with E-state index in [0.717, 1.165) is 6.54 Å². The normalized spacial score (nSPS) is 11.4. The third-order valence-corrected chi connectivity index (χ3v) is 3.31. The highest BCUT2D eigenvalue weighted by Gasteiger charge is 2.08. The van der Waals surface area contributed by atoms with E-state index in [-0.39, 0.29) is 0 Å². The second-order valence-corrected chi connectivity index (χ2v) is 4.42. The fourth-order valence-corrected chi connectivity index (χ4v) is 2.45. The number of para-hydroxylation sites is 1. The molecule has 2 nitrogen and oxygen atoms in total. The Morgan fingerprint density at radius 2 is 1.88 bits per heavy atom. The van der Waals surface area contributed by atoms with Crippen LogP contribution in [0.1, 0.15) is 19.8 Å². The van der Waals surface area contributed by atoms with Gasteiger partial charge in [-0.05, 0) is 18.6 Å². The van der Waals surface area contributed by atoms with Gasteiger partial charge < -0.3 is 4.57 Å². The summed E-state index contributed by atoms with van der Waals surface area (Å²) >= 11 is 0. The van der Waals surface area contributed by atoms with Crippen LogP contribution in [0.4, 0.5) is 0 Å². The van der Waals surface area contributed by atoms with Crippen molar-refractivity contribution in [3.8, 4) is 0 Å². The summed E-state index contributed by atoms with van der Waals surface area (Å²) in [5.41, 5.74) is 2.62. The first-order valence-electron chi connectivity index (χ1n) is 6.22. The summed E-state index contributed by atoms with van der Waals surface area (Å²) in [7, 11) is 0. The van der Waals surface area contributed by atoms with E-state index in [9.17, 15) is 0 Å². The van der Waals surface area contributed by atoms with E-state index in [0.29, 0.717) is 0 Å². The first kappa shape index (κ1) is 10.3. The van der Waals surface area contributed by atoms with Crippen LogP contribution in [0.2, 0.25) is 0 Å². The molecule has 0 atom stereocenters. The fourth-order valence-electron chi connectivity index (χ4n) is 2.45. The average Bonchev–Trinajstić information content (AvgIpc) is 2.71. The molecule has 0 N–H and O–H groups in total. The fraction of sp³-hybridized carbons (Fsp3) is 0.267. The Balaban J connectivity index is 2.33. The van der Waals surface area contributed by atoms with E-state index in [1.54, 1.807) is 0 Å². The molecule has 2 aromatic heterocycles. The Morgan fingerprint density at radius 3 is 2.76 bits per heavy atom. The first-order valence-corrected chi connectivity index (χ1v) is 6.22. The van der Waals surface area contributed by atoms with Crippen molar-refractivity contribution in [2.45, 2.75) is 26.3 Å². The van der Waals surface area contributed by atoms with Gasteiger partial charge in [0.2, 0.25) is 0 Å². The van der Waals surface area contributed by atoms with Gasteiger partial charge in [-0.15, -0.1) is 0 Å². The third-order valence-electron chi connectivity index (χ3n) is 3.31. The quantitative estimate of drug-likeness (QED) is 0.657. The molecule has 0 spiro atoms. The van der Waals surface area contributed by atoms with Crippen molar-refractivity contribution in [2.24, 2.45) is 0 Å². The minimum absolute atomic E-state index is 1.09. The highest BCUT2D eigenvalue weighted by atomic mass is 15.0. The second kappa shape index (κ2) is 4.21. The maximum atomic E-state index is 4.24. The van der Waals surface area contributed by atoms with Crippen molar-refractivity contribution in [3.05, 3.63) is 42.7 Å². The van der Waals surface area contributed by atoms with Crippen molar-refractivity contribution in [2.75, 3.05) is 0 Å². The lowest BCUT2D eigenvalue weighted by molar-refractivity contribution is 0.665. The van der Waals surface area contributed by atoms with Gasteiger partial charge in [0, 0.05) is 35.2 Å². The molecule has 2 heterocycles. The van der Waals surface area contributed by atoms with Crippen LogP contribution in [0.3, 0.4) is 0 Å². The molecule has 1 aromatic carbocycles. The molecule has 17 heavy (non-hydrogen) atoms. The standard InChI is InChI=1S/C15H16N2/c1-2-3-10-17-14-7-5-4-6-12(14)13-11-16-9-8-15(13)17/h4-9,11H,2-3,10H2,1H3. The average molecular weight is 224 g/mol. The molecular weight excluding hydrogens is 208 g/mol. The van der Waals surface area contributed by atoms with Gasteiger partial charge in [-0.3, -0.25) is 4.98 Å². The zero-order valence-corrected chi connectivity index (χ0v) is 10.1. The minimum Gasteiger partial charge on any atom is -0.340 e. The highest BCUT2D eigenvalue weighted by molar-refractivity contribution is 6.07. The zero-order chi connectivity index (χ0) is 11.7. The number of pyridine rings is 1. The Kier molecular flexibility index (Phi) is 2.56. The van der Waals surface area contributed by atoms with Crippen LogP contribution in [-0.4, -0.2) is 9.55 Å². The summed E-state index contributed by atoms with van der Waals surface area (Å²) in [5, 5.41) is 2.57. The highest BCUT2D eigenvalue weighted by Crippen LogP contribution is 2.28. The Hall–Kier alpha value is -1.83. The molecule has 0 amide bonds.